The van der Waals surface area contributed by atoms with Crippen molar-refractivity contribution in [2.24, 2.45) is 0 Å². The molecule has 2 aromatic heterocycles. The fourth-order valence-corrected chi connectivity index (χ4v) is 12.8. The topological polar surface area (TPSA) is 0 Å². The van der Waals surface area contributed by atoms with Gasteiger partial charge in [0.15, 0.2) is 0 Å². The predicted octanol–water partition coefficient (Wildman–Crippen LogP) is 17.2. The first kappa shape index (κ1) is 33.4. The average molecular weight is 785 g/mol. The number of hydrogen-bond donors (Lipinski definition) is 0. The van der Waals surface area contributed by atoms with Crippen LogP contribution in [0, 0.1) is 0 Å². The molecule has 0 saturated carbocycles. The van der Waals surface area contributed by atoms with Crippen molar-refractivity contribution in [3.8, 4) is 44.5 Å². The van der Waals surface area contributed by atoms with Crippen molar-refractivity contribution in [3.05, 3.63) is 193 Å². The van der Waals surface area contributed by atoms with Crippen LogP contribution in [0.25, 0.3) is 117 Å². The van der Waals surface area contributed by atoms with Gasteiger partial charge in [-0.1, -0.05) is 159 Å². The maximum Gasteiger partial charge on any atom is 0.0362 e. The van der Waals surface area contributed by atoms with Gasteiger partial charge in [0.1, 0.15) is 0 Å². The van der Waals surface area contributed by atoms with Gasteiger partial charge in [0.25, 0.3) is 0 Å². The molecule has 0 unspecified atom stereocenters. The van der Waals surface area contributed by atoms with Gasteiger partial charge in [-0.25, -0.2) is 0 Å². The summed E-state index contributed by atoms with van der Waals surface area (Å²) < 4.78 is 5.40. The van der Waals surface area contributed by atoms with Crippen LogP contribution in [0.5, 0.6) is 0 Å². The lowest BCUT2D eigenvalue weighted by Crippen LogP contribution is -2.15. The summed E-state index contributed by atoms with van der Waals surface area (Å²) in [6, 6.07) is 68.5. The molecule has 2 heterocycles. The quantitative estimate of drug-likeness (QED) is 0.157. The van der Waals surface area contributed by atoms with Gasteiger partial charge < -0.3 is 0 Å². The van der Waals surface area contributed by atoms with Crippen LogP contribution < -0.4 is 0 Å². The Morgan fingerprint density at radius 1 is 0.322 bits per heavy atom. The van der Waals surface area contributed by atoms with Gasteiger partial charge in [-0.3, -0.25) is 0 Å². The van der Waals surface area contributed by atoms with Crippen LogP contribution in [0.3, 0.4) is 0 Å². The Bertz CT molecular complexity index is 3690. The zero-order chi connectivity index (χ0) is 39.0. The molecule has 0 saturated heterocycles. The number of benzene rings is 10. The molecule has 13 rings (SSSR count). The maximum absolute atomic E-state index is 2.49. The standard InChI is InChI=1S/C57H36S2/c1-57(2)46-30-35(36-21-27-45-51(32-36)59-50-29-24-34-23-28-49-55(54(34)56(45)50)44-18-10-11-19-48(44)58-49)20-25-38(46)39-26-22-37(31-47(39)57)53-42-16-8-6-14-40(42)52(33-12-4-3-5-13-33)41-15-7-9-17-43(41)53/h3-32H,1-2H3. The van der Waals surface area contributed by atoms with E-state index in [1.54, 1.807) is 0 Å². The van der Waals surface area contributed by atoms with Gasteiger partial charge >= 0.3 is 0 Å². The third-order valence-electron chi connectivity index (χ3n) is 13.2. The van der Waals surface area contributed by atoms with Crippen molar-refractivity contribution in [1.29, 1.82) is 0 Å². The van der Waals surface area contributed by atoms with Gasteiger partial charge in [0.05, 0.1) is 0 Å². The second-order valence-corrected chi connectivity index (χ2v) is 18.9. The Kier molecular flexibility index (Phi) is 6.92. The van der Waals surface area contributed by atoms with E-state index < -0.39 is 0 Å². The van der Waals surface area contributed by atoms with Gasteiger partial charge in [0.2, 0.25) is 0 Å². The van der Waals surface area contributed by atoms with Crippen LogP contribution >= 0.6 is 22.7 Å². The highest BCUT2D eigenvalue weighted by Crippen LogP contribution is 2.53. The Morgan fingerprint density at radius 2 is 0.797 bits per heavy atom. The van der Waals surface area contributed by atoms with Crippen molar-refractivity contribution in [2.45, 2.75) is 19.3 Å². The lowest BCUT2D eigenvalue weighted by atomic mass is 9.80. The summed E-state index contributed by atoms with van der Waals surface area (Å²) in [6.07, 6.45) is 0. The fourth-order valence-electron chi connectivity index (χ4n) is 10.5. The van der Waals surface area contributed by atoms with E-state index in [0.717, 1.165) is 0 Å². The molecule has 1 aliphatic carbocycles. The number of fused-ring (bicyclic) bond motifs is 14. The third-order valence-corrected chi connectivity index (χ3v) is 15.5. The second-order valence-electron chi connectivity index (χ2n) is 16.7. The van der Waals surface area contributed by atoms with Crippen LogP contribution in [0.4, 0.5) is 0 Å². The first-order valence-corrected chi connectivity index (χ1v) is 22.1. The first-order chi connectivity index (χ1) is 29.0. The summed E-state index contributed by atoms with van der Waals surface area (Å²) in [6.45, 7) is 4.82. The highest BCUT2D eigenvalue weighted by molar-refractivity contribution is 7.27. The Labute approximate surface area is 350 Å². The van der Waals surface area contributed by atoms with Gasteiger partial charge in [-0.15, -0.1) is 22.7 Å². The summed E-state index contributed by atoms with van der Waals surface area (Å²) in [7, 11) is 0. The summed E-state index contributed by atoms with van der Waals surface area (Å²) in [5, 5.41) is 13.4. The molecule has 0 bridgehead atoms. The highest BCUT2D eigenvalue weighted by Gasteiger charge is 2.36. The van der Waals surface area contributed by atoms with E-state index in [9.17, 15) is 0 Å². The molecule has 0 fully saturated rings. The molecule has 10 aromatic carbocycles. The third kappa shape index (κ3) is 4.70. The molecule has 2 heteroatoms. The SMILES string of the molecule is CC1(C)c2cc(-c3ccc4c(c3)sc3ccc5ccc6sc7ccccc7c6c5c34)ccc2-c2ccc(-c3c4ccccc4c(-c4ccccc4)c4ccccc34)cc21. The molecule has 59 heavy (non-hydrogen) atoms. The fraction of sp³-hybridized carbons (Fsp3) is 0.0526. The highest BCUT2D eigenvalue weighted by atomic mass is 32.1. The zero-order valence-corrected chi connectivity index (χ0v) is 34.3. The minimum absolute atomic E-state index is 0.165. The Balaban J connectivity index is 0.938. The minimum atomic E-state index is -0.165. The van der Waals surface area contributed by atoms with Crippen molar-refractivity contribution >= 4 is 95.3 Å². The number of hydrogen-bond acceptors (Lipinski definition) is 2. The predicted molar refractivity (Wildman–Crippen MR) is 259 cm³/mol. The number of rotatable bonds is 3. The molecular weight excluding hydrogens is 749 g/mol. The molecule has 1 aliphatic rings. The normalized spacial score (nSPS) is 13.4. The smallest absolute Gasteiger partial charge is 0.0362 e. The van der Waals surface area contributed by atoms with Crippen LogP contribution in [0.1, 0.15) is 25.0 Å². The van der Waals surface area contributed by atoms with Gasteiger partial charge in [-0.05, 0) is 119 Å². The molecule has 0 radical (unpaired) electrons. The van der Waals surface area contributed by atoms with E-state index in [-0.39, 0.29) is 5.41 Å². The van der Waals surface area contributed by atoms with Gasteiger partial charge in [-0.2, -0.15) is 0 Å². The molecule has 0 nitrogen and oxygen atoms in total. The van der Waals surface area contributed by atoms with E-state index in [2.05, 4.69) is 196 Å². The summed E-state index contributed by atoms with van der Waals surface area (Å²) in [4.78, 5) is 0. The summed E-state index contributed by atoms with van der Waals surface area (Å²) >= 11 is 3.82. The first-order valence-electron chi connectivity index (χ1n) is 20.5. The summed E-state index contributed by atoms with van der Waals surface area (Å²) in [5.74, 6) is 0. The molecule has 0 spiro atoms. The summed E-state index contributed by atoms with van der Waals surface area (Å²) in [5.41, 5.74) is 13.0. The monoisotopic (exact) mass is 784 g/mol. The number of thiophene rings is 2. The zero-order valence-electron chi connectivity index (χ0n) is 32.6. The van der Waals surface area contributed by atoms with Crippen LogP contribution in [0.15, 0.2) is 182 Å². The molecule has 0 N–H and O–H groups in total. The Morgan fingerprint density at radius 3 is 1.44 bits per heavy atom. The maximum atomic E-state index is 2.49. The van der Waals surface area contributed by atoms with Crippen LogP contribution in [0.2, 0.25) is 0 Å². The molecule has 0 amide bonds. The van der Waals surface area contributed by atoms with Gasteiger partial charge in [0, 0.05) is 51.1 Å². The second kappa shape index (κ2) is 12.2. The van der Waals surface area contributed by atoms with Crippen molar-refractivity contribution in [1.82, 2.24) is 0 Å². The molecule has 12 aromatic rings. The molecule has 276 valence electrons. The van der Waals surface area contributed by atoms with E-state index >= 15 is 0 Å². The average Bonchev–Trinajstić information content (AvgIpc) is 3.92. The van der Waals surface area contributed by atoms with Crippen LogP contribution in [-0.2, 0) is 5.41 Å². The van der Waals surface area contributed by atoms with Crippen molar-refractivity contribution in [2.75, 3.05) is 0 Å². The van der Waals surface area contributed by atoms with E-state index in [1.165, 1.54) is 128 Å². The van der Waals surface area contributed by atoms with Crippen molar-refractivity contribution in [3.63, 3.8) is 0 Å². The largest absolute Gasteiger partial charge is 0.135 e. The van der Waals surface area contributed by atoms with Crippen molar-refractivity contribution < 1.29 is 0 Å². The van der Waals surface area contributed by atoms with Crippen LogP contribution in [-0.4, -0.2) is 0 Å². The molecule has 0 atom stereocenters. The molecule has 0 aliphatic heterocycles. The minimum Gasteiger partial charge on any atom is -0.135 e. The lowest BCUT2D eigenvalue weighted by Gasteiger charge is -2.23. The molecular formula is C57H36S2. The lowest BCUT2D eigenvalue weighted by molar-refractivity contribution is 0.661. The van der Waals surface area contributed by atoms with E-state index in [1.807, 2.05) is 22.7 Å². The Hall–Kier alpha value is -6.58. The van der Waals surface area contributed by atoms with E-state index in [4.69, 9.17) is 0 Å². The van der Waals surface area contributed by atoms with E-state index in [0.29, 0.717) is 0 Å².